The fraction of sp³-hybridized carbons (Fsp3) is 0.304. The number of aliphatic hydroxyl groups is 1. The summed E-state index contributed by atoms with van der Waals surface area (Å²) in [4.78, 5) is 1.80. The van der Waals surface area contributed by atoms with E-state index in [0.29, 0.717) is 31.7 Å². The zero-order chi connectivity index (χ0) is 19.3. The van der Waals surface area contributed by atoms with Gasteiger partial charge in [-0.15, -0.1) is 0 Å². The van der Waals surface area contributed by atoms with Crippen LogP contribution in [0.15, 0.2) is 54.6 Å². The Morgan fingerprint density at radius 3 is 2.18 bits per heavy atom. The zero-order valence-electron chi connectivity index (χ0n) is 15.5. The van der Waals surface area contributed by atoms with Crippen LogP contribution in [0.25, 0.3) is 32.3 Å². The van der Waals surface area contributed by atoms with Crippen LogP contribution >= 0.6 is 0 Å². The summed E-state index contributed by atoms with van der Waals surface area (Å²) in [5, 5.41) is 19.0. The second-order valence-corrected chi connectivity index (χ2v) is 7.62. The fourth-order valence-corrected chi connectivity index (χ4v) is 4.71. The van der Waals surface area contributed by atoms with Crippen LogP contribution in [0.5, 0.6) is 0 Å². The second-order valence-electron chi connectivity index (χ2n) is 7.62. The maximum absolute atomic E-state index is 15.0. The van der Waals surface area contributed by atoms with Crippen molar-refractivity contribution in [3.63, 3.8) is 0 Å². The van der Waals surface area contributed by atoms with Gasteiger partial charge in [0.2, 0.25) is 0 Å². The topological polar surface area (TPSA) is 35.5 Å². The summed E-state index contributed by atoms with van der Waals surface area (Å²) >= 11 is 0. The minimum atomic E-state index is -3.22. The van der Waals surface area contributed by atoms with Crippen LogP contribution in [0.4, 0.5) is 8.78 Å². The Hall–Kier alpha value is -2.34. The van der Waals surface area contributed by atoms with Gasteiger partial charge in [0.25, 0.3) is 5.92 Å². The van der Waals surface area contributed by atoms with Crippen molar-refractivity contribution in [1.82, 2.24) is 10.2 Å². The third-order valence-corrected chi connectivity index (χ3v) is 5.98. The van der Waals surface area contributed by atoms with Gasteiger partial charge in [0, 0.05) is 26.2 Å². The van der Waals surface area contributed by atoms with E-state index in [0.717, 1.165) is 32.3 Å². The molecule has 1 heterocycles. The molecule has 1 saturated heterocycles. The van der Waals surface area contributed by atoms with Crippen LogP contribution in [-0.4, -0.2) is 48.7 Å². The van der Waals surface area contributed by atoms with Gasteiger partial charge in [-0.2, -0.15) is 0 Å². The monoisotopic (exact) mass is 380 g/mol. The zero-order valence-corrected chi connectivity index (χ0v) is 15.5. The number of aliphatic hydroxyl groups excluding tert-OH is 1. The molecule has 3 nitrogen and oxygen atoms in total. The number of piperazine rings is 1. The number of hydrogen-bond acceptors (Lipinski definition) is 3. The minimum absolute atomic E-state index is 0.530. The van der Waals surface area contributed by atoms with E-state index >= 15 is 0 Å². The maximum Gasteiger partial charge on any atom is 0.289 e. The number of rotatable bonds is 4. The molecule has 5 rings (SSSR count). The van der Waals surface area contributed by atoms with Gasteiger partial charge in [0.05, 0.1) is 0 Å². The van der Waals surface area contributed by atoms with Crippen molar-refractivity contribution in [3.05, 3.63) is 60.2 Å². The van der Waals surface area contributed by atoms with Crippen molar-refractivity contribution >= 4 is 32.3 Å². The van der Waals surface area contributed by atoms with Gasteiger partial charge < -0.3 is 10.4 Å². The molecule has 28 heavy (non-hydrogen) atoms. The highest BCUT2D eigenvalue weighted by atomic mass is 19.3. The standard InChI is InChI=1S/C23H22F2N2O/c24-23(25,14-28)22(27-12-10-26-11-13-27)19-9-7-17-5-4-15-2-1-3-16-6-8-18(19)21(17)20(15)16/h1-9,22,26,28H,10-14H2/t22-/m0/s1. The average Bonchev–Trinajstić information content (AvgIpc) is 2.73. The Bertz CT molecular complexity index is 1120. The molecule has 1 aliphatic rings. The van der Waals surface area contributed by atoms with Crippen molar-refractivity contribution in [2.45, 2.75) is 12.0 Å². The molecule has 1 aliphatic heterocycles. The van der Waals surface area contributed by atoms with Gasteiger partial charge in [-0.05, 0) is 37.9 Å². The highest BCUT2D eigenvalue weighted by Gasteiger charge is 2.44. The highest BCUT2D eigenvalue weighted by molar-refractivity contribution is 6.23. The lowest BCUT2D eigenvalue weighted by Gasteiger charge is -2.39. The van der Waals surface area contributed by atoms with Crippen LogP contribution in [0.3, 0.4) is 0 Å². The molecule has 0 radical (unpaired) electrons. The molecule has 0 unspecified atom stereocenters. The molecule has 0 amide bonds. The Morgan fingerprint density at radius 2 is 1.50 bits per heavy atom. The largest absolute Gasteiger partial charge is 0.390 e. The van der Waals surface area contributed by atoms with Gasteiger partial charge >= 0.3 is 0 Å². The SMILES string of the molecule is OCC(F)(F)[C@H](c1ccc2ccc3cccc4ccc1c2c34)N1CCNCC1. The first-order chi connectivity index (χ1) is 13.6. The molecule has 2 N–H and O–H groups in total. The van der Waals surface area contributed by atoms with Crippen molar-refractivity contribution in [1.29, 1.82) is 0 Å². The molecule has 0 bridgehead atoms. The second kappa shape index (κ2) is 6.62. The minimum Gasteiger partial charge on any atom is -0.390 e. The van der Waals surface area contributed by atoms with Gasteiger partial charge in [0.15, 0.2) is 0 Å². The summed E-state index contributed by atoms with van der Waals surface area (Å²) in [6, 6.07) is 16.9. The predicted octanol–water partition coefficient (Wildman–Crippen LogP) is 4.16. The average molecular weight is 380 g/mol. The molecule has 4 aromatic carbocycles. The summed E-state index contributed by atoms with van der Waals surface area (Å²) < 4.78 is 30.0. The van der Waals surface area contributed by atoms with Crippen molar-refractivity contribution in [3.8, 4) is 0 Å². The first kappa shape index (κ1) is 17.7. The smallest absolute Gasteiger partial charge is 0.289 e. The van der Waals surface area contributed by atoms with E-state index in [2.05, 4.69) is 29.6 Å². The van der Waals surface area contributed by atoms with E-state index in [4.69, 9.17) is 0 Å². The fourth-order valence-electron chi connectivity index (χ4n) is 4.71. The van der Waals surface area contributed by atoms with Gasteiger partial charge in [-0.3, -0.25) is 4.90 Å². The van der Waals surface area contributed by atoms with Gasteiger partial charge in [-0.25, -0.2) is 8.78 Å². The van der Waals surface area contributed by atoms with Crippen LogP contribution in [-0.2, 0) is 0 Å². The molecule has 5 heteroatoms. The van der Waals surface area contributed by atoms with Crippen molar-refractivity contribution < 1.29 is 13.9 Å². The molecular weight excluding hydrogens is 358 g/mol. The van der Waals surface area contributed by atoms with Crippen molar-refractivity contribution in [2.24, 2.45) is 0 Å². The van der Waals surface area contributed by atoms with Crippen LogP contribution in [0.2, 0.25) is 0 Å². The molecule has 144 valence electrons. The Kier molecular flexibility index (Phi) is 4.19. The molecule has 0 aromatic heterocycles. The molecule has 0 spiro atoms. The third-order valence-electron chi connectivity index (χ3n) is 5.98. The Morgan fingerprint density at radius 1 is 0.893 bits per heavy atom. The van der Waals surface area contributed by atoms with E-state index < -0.39 is 18.6 Å². The van der Waals surface area contributed by atoms with E-state index in [1.165, 1.54) is 0 Å². The number of nitrogens with one attached hydrogen (secondary N) is 1. The highest BCUT2D eigenvalue weighted by Crippen LogP contribution is 2.43. The van der Waals surface area contributed by atoms with Gasteiger partial charge in [0.1, 0.15) is 12.6 Å². The van der Waals surface area contributed by atoms with Gasteiger partial charge in [-0.1, -0.05) is 54.6 Å². The molecule has 0 saturated carbocycles. The maximum atomic E-state index is 15.0. The number of nitrogens with zero attached hydrogens (tertiary/aromatic N) is 1. The summed E-state index contributed by atoms with van der Waals surface area (Å²) in [5.74, 6) is -3.22. The lowest BCUT2D eigenvalue weighted by atomic mass is 9.87. The Labute approximate surface area is 161 Å². The summed E-state index contributed by atoms with van der Waals surface area (Å²) in [5.41, 5.74) is 0.590. The summed E-state index contributed by atoms with van der Waals surface area (Å²) in [7, 11) is 0. The van der Waals surface area contributed by atoms with Crippen LogP contribution in [0, 0.1) is 0 Å². The van der Waals surface area contributed by atoms with E-state index in [-0.39, 0.29) is 0 Å². The first-order valence-corrected chi connectivity index (χ1v) is 9.70. The molecule has 1 atom stereocenters. The van der Waals surface area contributed by atoms with E-state index in [1.54, 1.807) is 4.90 Å². The summed E-state index contributed by atoms with van der Waals surface area (Å²) in [6.07, 6.45) is 0. The Balaban J connectivity index is 1.80. The molecule has 1 fully saturated rings. The lowest BCUT2D eigenvalue weighted by molar-refractivity contribution is -0.118. The summed E-state index contributed by atoms with van der Waals surface area (Å²) in [6.45, 7) is 1.24. The van der Waals surface area contributed by atoms with E-state index in [1.807, 2.05) is 30.3 Å². The third kappa shape index (κ3) is 2.65. The normalized spacial score (nSPS) is 17.7. The van der Waals surface area contributed by atoms with E-state index in [9.17, 15) is 13.9 Å². The number of halogens is 2. The first-order valence-electron chi connectivity index (χ1n) is 9.70. The molecule has 0 aliphatic carbocycles. The number of benzene rings is 4. The van der Waals surface area contributed by atoms with Crippen LogP contribution in [0.1, 0.15) is 11.6 Å². The van der Waals surface area contributed by atoms with Crippen LogP contribution < -0.4 is 5.32 Å². The lowest BCUT2D eigenvalue weighted by Crippen LogP contribution is -2.51. The number of alkyl halides is 2. The number of hydrogen-bond donors (Lipinski definition) is 2. The quantitative estimate of drug-likeness (QED) is 0.522. The molecule has 4 aromatic rings. The van der Waals surface area contributed by atoms with Crippen molar-refractivity contribution in [2.75, 3.05) is 32.8 Å². The predicted molar refractivity (Wildman–Crippen MR) is 109 cm³/mol. The molecular formula is C23H22F2N2O.